The third kappa shape index (κ3) is 6.21. The number of nitrogens with one attached hydrogen (secondary N) is 2. The Balaban J connectivity index is 1.32. The number of hydrogen-bond donors (Lipinski definition) is 2. The monoisotopic (exact) mass is 450 g/mol. The largest absolute Gasteiger partial charge is 0.497 e. The van der Waals surface area contributed by atoms with Gasteiger partial charge in [0.2, 0.25) is 0 Å². The van der Waals surface area contributed by atoms with Gasteiger partial charge < -0.3 is 20.1 Å². The van der Waals surface area contributed by atoms with Crippen LogP contribution in [0.25, 0.3) is 0 Å². The molecule has 0 spiro atoms. The van der Waals surface area contributed by atoms with Crippen LogP contribution in [0.1, 0.15) is 75.7 Å². The van der Waals surface area contributed by atoms with E-state index in [0.29, 0.717) is 19.0 Å². The van der Waals surface area contributed by atoms with Gasteiger partial charge in [0, 0.05) is 18.8 Å². The van der Waals surface area contributed by atoms with Crippen LogP contribution in [0, 0.1) is 0 Å². The first-order valence-electron chi connectivity index (χ1n) is 12.6. The third-order valence-electron chi connectivity index (χ3n) is 7.17. The van der Waals surface area contributed by atoms with Crippen LogP contribution >= 0.6 is 0 Å². The van der Waals surface area contributed by atoms with Gasteiger partial charge in [-0.2, -0.15) is 0 Å². The predicted molar refractivity (Wildman–Crippen MR) is 133 cm³/mol. The Labute approximate surface area is 198 Å². The van der Waals surface area contributed by atoms with Crippen molar-refractivity contribution in [1.29, 1.82) is 0 Å². The maximum absolute atomic E-state index is 13.3. The highest BCUT2D eigenvalue weighted by atomic mass is 16.5. The van der Waals surface area contributed by atoms with Gasteiger partial charge in [-0.1, -0.05) is 37.8 Å². The molecule has 2 aliphatic rings. The van der Waals surface area contributed by atoms with Crippen LogP contribution in [-0.2, 0) is 4.79 Å². The summed E-state index contributed by atoms with van der Waals surface area (Å²) in [6.45, 7) is 1.21. The van der Waals surface area contributed by atoms with Crippen molar-refractivity contribution in [3.63, 3.8) is 0 Å². The summed E-state index contributed by atoms with van der Waals surface area (Å²) in [5.74, 6) is 2.33. The number of hydrogen-bond acceptors (Lipinski definition) is 4. The minimum Gasteiger partial charge on any atom is -0.497 e. The minimum atomic E-state index is -0.759. The van der Waals surface area contributed by atoms with Crippen LogP contribution in [0.5, 0.6) is 11.5 Å². The highest BCUT2D eigenvalue weighted by Crippen LogP contribution is 2.36. The molecule has 1 amide bonds. The van der Waals surface area contributed by atoms with Gasteiger partial charge in [0.15, 0.2) is 5.60 Å². The summed E-state index contributed by atoms with van der Waals surface area (Å²) in [6, 6.07) is 16.3. The van der Waals surface area contributed by atoms with Gasteiger partial charge in [0.25, 0.3) is 5.91 Å². The molecule has 0 radical (unpaired) electrons. The number of methoxy groups -OCH3 is 1. The maximum Gasteiger partial charge on any atom is 0.264 e. The van der Waals surface area contributed by atoms with E-state index in [9.17, 15) is 4.79 Å². The third-order valence-corrected chi connectivity index (χ3v) is 7.17. The van der Waals surface area contributed by atoms with Crippen LogP contribution < -0.4 is 20.1 Å². The molecule has 5 nitrogen and oxygen atoms in total. The van der Waals surface area contributed by atoms with Crippen LogP contribution in [0.15, 0.2) is 48.5 Å². The summed E-state index contributed by atoms with van der Waals surface area (Å²) in [6.07, 6.45) is 11.4. The van der Waals surface area contributed by atoms with Crippen molar-refractivity contribution in [2.45, 2.75) is 75.7 Å². The van der Waals surface area contributed by atoms with Crippen LogP contribution in [0.2, 0.25) is 0 Å². The SMILES string of the molecule is COc1ccc(NCCNC(=O)C2(Oc3ccc(C4CCCCC4)cc3)CCCCC2)cc1. The van der Waals surface area contributed by atoms with E-state index in [0.717, 1.165) is 49.3 Å². The first-order chi connectivity index (χ1) is 16.2. The molecule has 0 heterocycles. The molecule has 5 heteroatoms. The van der Waals surface area contributed by atoms with Crippen LogP contribution in [-0.4, -0.2) is 31.7 Å². The molecule has 0 atom stereocenters. The Hall–Kier alpha value is -2.69. The molecule has 0 aromatic heterocycles. The molecular weight excluding hydrogens is 412 g/mol. The van der Waals surface area contributed by atoms with Gasteiger partial charge in [-0.05, 0) is 86.4 Å². The second-order valence-corrected chi connectivity index (χ2v) is 9.47. The van der Waals surface area contributed by atoms with E-state index in [2.05, 4.69) is 34.9 Å². The number of benzene rings is 2. The number of carbonyl (C=O) groups excluding carboxylic acids is 1. The van der Waals surface area contributed by atoms with Crippen molar-refractivity contribution in [2.75, 3.05) is 25.5 Å². The van der Waals surface area contributed by atoms with Gasteiger partial charge in [-0.3, -0.25) is 4.79 Å². The highest BCUT2D eigenvalue weighted by Gasteiger charge is 2.41. The lowest BCUT2D eigenvalue weighted by molar-refractivity contribution is -0.139. The van der Waals surface area contributed by atoms with Crippen molar-refractivity contribution in [3.8, 4) is 11.5 Å². The van der Waals surface area contributed by atoms with E-state index >= 15 is 0 Å². The molecule has 0 saturated heterocycles. The molecule has 178 valence electrons. The smallest absolute Gasteiger partial charge is 0.264 e. The number of ether oxygens (including phenoxy) is 2. The van der Waals surface area contributed by atoms with Crippen molar-refractivity contribution in [3.05, 3.63) is 54.1 Å². The van der Waals surface area contributed by atoms with Gasteiger partial charge in [-0.15, -0.1) is 0 Å². The van der Waals surface area contributed by atoms with E-state index in [1.165, 1.54) is 37.7 Å². The van der Waals surface area contributed by atoms with Crippen LogP contribution in [0.3, 0.4) is 0 Å². The van der Waals surface area contributed by atoms with Crippen molar-refractivity contribution in [1.82, 2.24) is 5.32 Å². The first-order valence-corrected chi connectivity index (χ1v) is 12.6. The average Bonchev–Trinajstić information content (AvgIpc) is 2.88. The molecule has 2 N–H and O–H groups in total. The average molecular weight is 451 g/mol. The van der Waals surface area contributed by atoms with Gasteiger partial charge in [-0.25, -0.2) is 0 Å². The lowest BCUT2D eigenvalue weighted by Gasteiger charge is -2.36. The second-order valence-electron chi connectivity index (χ2n) is 9.47. The highest BCUT2D eigenvalue weighted by molar-refractivity contribution is 5.85. The standard InChI is InChI=1S/C28H38N2O3/c1-32-25-16-12-24(13-17-25)29-20-21-30-27(31)28(18-6-3-7-19-28)33-26-14-10-23(11-15-26)22-8-4-2-5-9-22/h10-17,22,29H,2-9,18-21H2,1H3,(H,30,31). The molecule has 2 aromatic rings. The van der Waals surface area contributed by atoms with Crippen molar-refractivity contribution >= 4 is 11.6 Å². The molecule has 2 fully saturated rings. The zero-order valence-corrected chi connectivity index (χ0v) is 19.9. The summed E-state index contributed by atoms with van der Waals surface area (Å²) >= 11 is 0. The zero-order chi connectivity index (χ0) is 22.9. The molecule has 2 aliphatic carbocycles. The van der Waals surface area contributed by atoms with Crippen molar-refractivity contribution < 1.29 is 14.3 Å². The molecule has 2 aromatic carbocycles. The number of rotatable bonds is 9. The molecule has 0 bridgehead atoms. The molecule has 4 rings (SSSR count). The fourth-order valence-corrected chi connectivity index (χ4v) is 5.22. The topological polar surface area (TPSA) is 59.6 Å². The summed E-state index contributed by atoms with van der Waals surface area (Å²) < 4.78 is 11.6. The fraction of sp³-hybridized carbons (Fsp3) is 0.536. The Morgan fingerprint density at radius 3 is 2.15 bits per heavy atom. The number of carbonyl (C=O) groups is 1. The quantitative estimate of drug-likeness (QED) is 0.456. The summed E-state index contributed by atoms with van der Waals surface area (Å²) in [7, 11) is 1.66. The molecule has 0 aliphatic heterocycles. The van der Waals surface area contributed by atoms with E-state index < -0.39 is 5.60 Å². The second kappa shape index (κ2) is 11.4. The van der Waals surface area contributed by atoms with E-state index in [-0.39, 0.29) is 5.91 Å². The maximum atomic E-state index is 13.3. The number of anilines is 1. The molecule has 0 unspecified atom stereocenters. The molecule has 33 heavy (non-hydrogen) atoms. The van der Waals surface area contributed by atoms with E-state index in [1.54, 1.807) is 7.11 Å². The molecular formula is C28H38N2O3. The van der Waals surface area contributed by atoms with Gasteiger partial charge in [0.05, 0.1) is 7.11 Å². The predicted octanol–water partition coefficient (Wildman–Crippen LogP) is 6.05. The normalized spacial score (nSPS) is 18.3. The lowest BCUT2D eigenvalue weighted by atomic mass is 9.83. The summed E-state index contributed by atoms with van der Waals surface area (Å²) in [5.41, 5.74) is 1.66. The first kappa shape index (κ1) is 23.5. The fourth-order valence-electron chi connectivity index (χ4n) is 5.22. The Morgan fingerprint density at radius 1 is 0.848 bits per heavy atom. The van der Waals surface area contributed by atoms with Gasteiger partial charge >= 0.3 is 0 Å². The zero-order valence-electron chi connectivity index (χ0n) is 19.9. The number of amides is 1. The van der Waals surface area contributed by atoms with E-state index in [4.69, 9.17) is 9.47 Å². The summed E-state index contributed by atoms with van der Waals surface area (Å²) in [5, 5.41) is 6.46. The lowest BCUT2D eigenvalue weighted by Crippen LogP contribution is -2.53. The van der Waals surface area contributed by atoms with E-state index in [1.807, 2.05) is 24.3 Å². The Kier molecular flexibility index (Phi) is 8.14. The molecule has 2 saturated carbocycles. The van der Waals surface area contributed by atoms with Gasteiger partial charge in [0.1, 0.15) is 11.5 Å². The van der Waals surface area contributed by atoms with Crippen molar-refractivity contribution in [2.24, 2.45) is 0 Å². The summed E-state index contributed by atoms with van der Waals surface area (Å²) in [4.78, 5) is 13.3. The van der Waals surface area contributed by atoms with Crippen LogP contribution in [0.4, 0.5) is 5.69 Å². The Bertz CT molecular complexity index is 867. The Morgan fingerprint density at radius 2 is 1.48 bits per heavy atom. The minimum absolute atomic E-state index is 0.00934.